The first-order valence-corrected chi connectivity index (χ1v) is 18.2. The van der Waals surface area contributed by atoms with Crippen molar-refractivity contribution in [1.82, 2.24) is 9.97 Å². The van der Waals surface area contributed by atoms with Gasteiger partial charge in [0.25, 0.3) is 0 Å². The minimum atomic E-state index is -1.07. The maximum atomic E-state index is 15.2. The number of H-pyrrole nitrogens is 1. The van der Waals surface area contributed by atoms with Crippen LogP contribution in [0.5, 0.6) is 28.7 Å². The first kappa shape index (κ1) is 37.3. The number of aromatic amines is 1. The van der Waals surface area contributed by atoms with E-state index in [9.17, 15) is 20.4 Å². The Morgan fingerprint density at radius 3 is 2.28 bits per heavy atom. The van der Waals surface area contributed by atoms with Crippen LogP contribution >= 0.6 is 0 Å². The van der Waals surface area contributed by atoms with Gasteiger partial charge in [-0.1, -0.05) is 36.4 Å². The molecule has 2 aromatic heterocycles. The van der Waals surface area contributed by atoms with E-state index in [0.717, 1.165) is 35.2 Å². The fraction of sp³-hybridized carbons (Fsp3) is 0.349. The molecule has 2 heterocycles. The minimum absolute atomic E-state index is 0.0258. The maximum Gasteiger partial charge on any atom is 0.200 e. The average Bonchev–Trinajstić information content (AvgIpc) is 3.80. The van der Waals surface area contributed by atoms with Gasteiger partial charge < -0.3 is 40.6 Å². The third-order valence-electron chi connectivity index (χ3n) is 11.2. The number of Topliss-reactive ketones (excluding diaryl/α,β-unsaturated/α-hetero) is 1. The molecule has 53 heavy (non-hydrogen) atoms. The number of aliphatic hydroxyl groups is 1. The van der Waals surface area contributed by atoms with Crippen LogP contribution in [0.1, 0.15) is 53.6 Å². The molecule has 0 aliphatic heterocycles. The minimum Gasteiger partial charge on any atom is -0.504 e. The van der Waals surface area contributed by atoms with E-state index in [4.69, 9.17) is 15.2 Å². The zero-order chi connectivity index (χ0) is 37.5. The fourth-order valence-electron chi connectivity index (χ4n) is 8.82. The highest BCUT2D eigenvalue weighted by Crippen LogP contribution is 2.58. The number of pyridine rings is 1. The lowest BCUT2D eigenvalue weighted by Gasteiger charge is -2.48. The summed E-state index contributed by atoms with van der Waals surface area (Å²) in [4.78, 5) is 22.9. The number of ketones is 1. The van der Waals surface area contributed by atoms with Crippen molar-refractivity contribution in [3.63, 3.8) is 0 Å². The molecule has 0 bridgehead atoms. The number of phenolic OH excluding ortho intramolecular Hbond substituents is 3. The number of nitrogen functional groups attached to an aromatic ring is 1. The van der Waals surface area contributed by atoms with E-state index >= 15 is 4.79 Å². The van der Waals surface area contributed by atoms with Crippen LogP contribution in [0.2, 0.25) is 0 Å². The Hall–Kier alpha value is -5.48. The van der Waals surface area contributed by atoms with E-state index < -0.39 is 17.4 Å². The van der Waals surface area contributed by atoms with Gasteiger partial charge in [0.1, 0.15) is 11.6 Å². The van der Waals surface area contributed by atoms with Crippen LogP contribution in [-0.4, -0.2) is 56.5 Å². The quantitative estimate of drug-likeness (QED) is 0.0609. The van der Waals surface area contributed by atoms with E-state index in [2.05, 4.69) is 28.2 Å². The second-order valence-electron chi connectivity index (χ2n) is 14.2. The van der Waals surface area contributed by atoms with Crippen LogP contribution in [0.3, 0.4) is 0 Å². The van der Waals surface area contributed by atoms with Crippen LogP contribution in [0.15, 0.2) is 97.3 Å². The predicted molar refractivity (Wildman–Crippen MR) is 203 cm³/mol. The smallest absolute Gasteiger partial charge is 0.200 e. The Morgan fingerprint density at radius 1 is 0.849 bits per heavy atom. The molecule has 1 saturated carbocycles. The number of hydrogen-bond donors (Lipinski definition) is 6. The summed E-state index contributed by atoms with van der Waals surface area (Å²) in [5, 5.41) is 43.5. The molecule has 0 spiro atoms. The average molecular weight is 720 g/mol. The lowest BCUT2D eigenvalue weighted by Crippen LogP contribution is -2.53. The molecule has 1 aliphatic rings. The lowest BCUT2D eigenvalue weighted by molar-refractivity contribution is -0.133. The number of aryl methyl sites for hydroxylation is 2. The van der Waals surface area contributed by atoms with Crippen molar-refractivity contribution in [3.8, 4) is 28.7 Å². The number of nitrogens with zero attached hydrogens (tertiary/aromatic N) is 1. The summed E-state index contributed by atoms with van der Waals surface area (Å²) < 4.78 is 10.6. The largest absolute Gasteiger partial charge is 0.504 e. The summed E-state index contributed by atoms with van der Waals surface area (Å²) in [5.41, 5.74) is 10.1. The molecule has 6 rings (SSSR count). The fourth-order valence-corrected chi connectivity index (χ4v) is 8.82. The van der Waals surface area contributed by atoms with Crippen molar-refractivity contribution in [2.24, 2.45) is 17.8 Å². The summed E-state index contributed by atoms with van der Waals surface area (Å²) in [6.07, 6.45) is 6.57. The third kappa shape index (κ3) is 7.98. The number of anilines is 1. The SMILES string of the molecule is COc1cc(CCC(O)C(C(=O)CCc2cc(O)c(O)c(OC)c2)C2(c3ccnc(N)c3)C(Cc3ccccc3)CCC2Cc2ccc[nH]2)ccc1O. The van der Waals surface area contributed by atoms with Crippen molar-refractivity contribution >= 4 is 11.6 Å². The van der Waals surface area contributed by atoms with Crippen molar-refractivity contribution in [2.75, 3.05) is 20.0 Å². The zero-order valence-corrected chi connectivity index (χ0v) is 30.2. The van der Waals surface area contributed by atoms with E-state index in [0.29, 0.717) is 36.4 Å². The number of aliphatic hydroxyl groups excluding tert-OH is 1. The van der Waals surface area contributed by atoms with Crippen LogP contribution in [-0.2, 0) is 35.9 Å². The topological polar surface area (TPSA) is 171 Å². The van der Waals surface area contributed by atoms with E-state index in [-0.39, 0.29) is 59.9 Å². The number of benzene rings is 3. The summed E-state index contributed by atoms with van der Waals surface area (Å²) in [7, 11) is 2.90. The molecule has 3 aromatic carbocycles. The Balaban J connectivity index is 1.48. The molecule has 7 N–H and O–H groups in total. The Bertz CT molecular complexity index is 1980. The monoisotopic (exact) mass is 719 g/mol. The van der Waals surface area contributed by atoms with Gasteiger partial charge in [0.15, 0.2) is 23.0 Å². The third-order valence-corrected chi connectivity index (χ3v) is 11.2. The number of rotatable bonds is 16. The molecule has 0 radical (unpaired) electrons. The second kappa shape index (κ2) is 16.5. The molecule has 0 saturated heterocycles. The summed E-state index contributed by atoms with van der Waals surface area (Å²) >= 11 is 0. The molecular formula is C43H49N3O7. The normalized spacial score (nSPS) is 19.5. The van der Waals surface area contributed by atoms with E-state index in [1.165, 1.54) is 20.3 Å². The molecule has 1 fully saturated rings. The molecule has 0 amide bonds. The number of hydrogen-bond acceptors (Lipinski definition) is 9. The Labute approximate surface area is 310 Å². The predicted octanol–water partition coefficient (Wildman–Crippen LogP) is 6.69. The summed E-state index contributed by atoms with van der Waals surface area (Å²) in [5.74, 6) is -0.932. The van der Waals surface area contributed by atoms with Crippen LogP contribution in [0.4, 0.5) is 5.82 Å². The van der Waals surface area contributed by atoms with Crippen LogP contribution in [0, 0.1) is 17.8 Å². The number of phenols is 3. The van der Waals surface area contributed by atoms with Crippen molar-refractivity contribution in [2.45, 2.75) is 62.9 Å². The van der Waals surface area contributed by atoms with Gasteiger partial charge in [-0.15, -0.1) is 0 Å². The number of methoxy groups -OCH3 is 2. The molecular weight excluding hydrogens is 670 g/mol. The molecule has 5 atom stereocenters. The molecule has 5 aromatic rings. The number of ether oxygens (including phenoxy) is 2. The lowest BCUT2D eigenvalue weighted by atomic mass is 9.54. The number of carbonyl (C=O) groups is 1. The molecule has 278 valence electrons. The molecule has 10 nitrogen and oxygen atoms in total. The number of aromatic hydroxyl groups is 3. The number of aromatic nitrogens is 2. The first-order chi connectivity index (χ1) is 25.6. The Morgan fingerprint density at radius 2 is 1.58 bits per heavy atom. The van der Waals surface area contributed by atoms with E-state index in [1.807, 2.05) is 42.6 Å². The highest BCUT2D eigenvalue weighted by molar-refractivity contribution is 5.84. The van der Waals surface area contributed by atoms with Crippen LogP contribution < -0.4 is 15.2 Å². The number of nitrogens with two attached hydrogens (primary N) is 1. The maximum absolute atomic E-state index is 15.2. The van der Waals surface area contributed by atoms with Gasteiger partial charge in [-0.05, 0) is 128 Å². The van der Waals surface area contributed by atoms with Gasteiger partial charge in [-0.2, -0.15) is 0 Å². The van der Waals surface area contributed by atoms with Crippen LogP contribution in [0.25, 0.3) is 0 Å². The van der Waals surface area contributed by atoms with Gasteiger partial charge in [-0.25, -0.2) is 4.98 Å². The van der Waals surface area contributed by atoms with Gasteiger partial charge in [0.2, 0.25) is 5.75 Å². The van der Waals surface area contributed by atoms with Gasteiger partial charge in [0, 0.05) is 29.9 Å². The molecule has 1 aliphatic carbocycles. The van der Waals surface area contributed by atoms with Gasteiger partial charge in [-0.3, -0.25) is 4.79 Å². The number of carbonyl (C=O) groups excluding carboxylic acids is 1. The van der Waals surface area contributed by atoms with Crippen molar-refractivity contribution in [1.29, 1.82) is 0 Å². The zero-order valence-electron chi connectivity index (χ0n) is 30.2. The first-order valence-electron chi connectivity index (χ1n) is 18.2. The van der Waals surface area contributed by atoms with Gasteiger partial charge in [0.05, 0.1) is 26.2 Å². The highest BCUT2D eigenvalue weighted by atomic mass is 16.5. The van der Waals surface area contributed by atoms with Gasteiger partial charge >= 0.3 is 0 Å². The van der Waals surface area contributed by atoms with E-state index in [1.54, 1.807) is 30.5 Å². The van der Waals surface area contributed by atoms with Crippen molar-refractivity contribution < 1.29 is 34.7 Å². The number of nitrogens with one attached hydrogen (secondary N) is 1. The molecule has 5 unspecified atom stereocenters. The summed E-state index contributed by atoms with van der Waals surface area (Å²) in [6.45, 7) is 0. The highest BCUT2D eigenvalue weighted by Gasteiger charge is 2.59. The standard InChI is InChI=1S/C43H49N3O7/c1-52-38-23-28(10-15-34(38)47)11-16-35(48)41(36(49)17-12-29-22-37(50)42(51)39(24-29)53-2)43(32-18-20-46-40(44)26-32)30(21-27-7-4-3-5-8-27)13-14-31(43)25-33-9-6-19-45-33/h3-10,15,18-20,22-24,26,30-31,35,41,45,47-48,50-51H,11-14,16-17,21,25H2,1-2H3,(H2,44,46). The molecule has 10 heteroatoms. The van der Waals surface area contributed by atoms with Crippen molar-refractivity contribution in [3.05, 3.63) is 125 Å². The Kier molecular flexibility index (Phi) is 11.6. The summed E-state index contributed by atoms with van der Waals surface area (Å²) in [6, 6.07) is 26.3. The second-order valence-corrected chi connectivity index (χ2v) is 14.2.